The molecule has 0 aliphatic carbocycles. The molecule has 1 N–H and O–H groups in total. The molecule has 0 unspecified atom stereocenters. The van der Waals surface area contributed by atoms with Crippen molar-refractivity contribution < 1.29 is 24.2 Å². The molecule has 0 aliphatic rings. The van der Waals surface area contributed by atoms with Crippen LogP contribution < -0.4 is 0 Å². The third kappa shape index (κ3) is 10.1. The van der Waals surface area contributed by atoms with Gasteiger partial charge in [-0.1, -0.05) is 13.2 Å². The molecule has 0 saturated heterocycles. The molecule has 0 fully saturated rings. The first kappa shape index (κ1) is 14.6. The van der Waals surface area contributed by atoms with Crippen LogP contribution in [0.2, 0.25) is 0 Å². The molecule has 5 nitrogen and oxygen atoms in total. The van der Waals surface area contributed by atoms with Gasteiger partial charge in [0.1, 0.15) is 0 Å². The topological polar surface area (TPSA) is 72.8 Å². The smallest absolute Gasteiger partial charge is 0.335 e. The maximum atomic E-state index is 10.5. The number of aliphatic hydroxyl groups is 1. The van der Waals surface area contributed by atoms with Gasteiger partial charge in [-0.3, -0.25) is 0 Å². The van der Waals surface area contributed by atoms with Gasteiger partial charge in [-0.2, -0.15) is 0 Å². The normalized spacial score (nSPS) is 8.14. The molecule has 14 heavy (non-hydrogen) atoms. The third-order valence-electron chi connectivity index (χ3n) is 0.754. The van der Waals surface area contributed by atoms with Gasteiger partial charge in [0.15, 0.2) is 0 Å². The zero-order valence-electron chi connectivity index (χ0n) is 7.80. The van der Waals surface area contributed by atoms with E-state index in [1.807, 2.05) is 0 Å². The first-order chi connectivity index (χ1) is 6.70. The van der Waals surface area contributed by atoms with Crippen LogP contribution in [0.5, 0.6) is 0 Å². The summed E-state index contributed by atoms with van der Waals surface area (Å²) in [5.74, 6) is -1.38. The summed E-state index contributed by atoms with van der Waals surface area (Å²) in [6, 6.07) is 0. The molecule has 78 valence electrons. The van der Waals surface area contributed by atoms with Crippen molar-refractivity contribution in [2.45, 2.75) is 0 Å². The van der Waals surface area contributed by atoms with Crippen molar-refractivity contribution in [1.82, 2.24) is 0 Å². The lowest BCUT2D eigenvalue weighted by molar-refractivity contribution is -0.135. The SMILES string of the molecule is C=COC(=O)/C=C\C(=O)OC=C.CO. The van der Waals surface area contributed by atoms with Crippen LogP contribution in [0, 0.1) is 0 Å². The van der Waals surface area contributed by atoms with Gasteiger partial charge < -0.3 is 14.6 Å². The Balaban J connectivity index is 0. The van der Waals surface area contributed by atoms with Gasteiger partial charge in [0.25, 0.3) is 0 Å². The average Bonchev–Trinajstić information content (AvgIpc) is 2.19. The molecule has 0 spiro atoms. The number of aliphatic hydroxyl groups excluding tert-OH is 1. The Kier molecular flexibility index (Phi) is 11.6. The zero-order valence-corrected chi connectivity index (χ0v) is 7.80. The van der Waals surface area contributed by atoms with Gasteiger partial charge in [-0.25, -0.2) is 9.59 Å². The predicted octanol–water partition coefficient (Wildman–Crippen LogP) is 0.524. The van der Waals surface area contributed by atoms with Crippen LogP contribution in [0.15, 0.2) is 37.8 Å². The van der Waals surface area contributed by atoms with Gasteiger partial charge in [0.2, 0.25) is 0 Å². The minimum Gasteiger partial charge on any atom is -0.432 e. The molecule has 0 amide bonds. The second-order valence-electron chi connectivity index (χ2n) is 1.54. The van der Waals surface area contributed by atoms with E-state index < -0.39 is 11.9 Å². The maximum absolute atomic E-state index is 10.5. The summed E-state index contributed by atoms with van der Waals surface area (Å²) in [6.07, 6.45) is 3.78. The van der Waals surface area contributed by atoms with Crippen LogP contribution in [0.1, 0.15) is 0 Å². The van der Waals surface area contributed by atoms with Crippen molar-refractivity contribution in [3.8, 4) is 0 Å². The van der Waals surface area contributed by atoms with E-state index in [0.29, 0.717) is 0 Å². The van der Waals surface area contributed by atoms with Crippen molar-refractivity contribution in [2.24, 2.45) is 0 Å². The van der Waals surface area contributed by atoms with E-state index in [9.17, 15) is 9.59 Å². The molecular formula is C9H12O5. The Bertz CT molecular complexity index is 205. The molecule has 5 heteroatoms. The highest BCUT2D eigenvalue weighted by Crippen LogP contribution is 1.85. The van der Waals surface area contributed by atoms with Crippen LogP contribution in [0.25, 0.3) is 0 Å². The number of hydrogen-bond acceptors (Lipinski definition) is 5. The monoisotopic (exact) mass is 200 g/mol. The molecule has 0 aromatic heterocycles. The Morgan fingerprint density at radius 1 is 1.00 bits per heavy atom. The van der Waals surface area contributed by atoms with E-state index in [1.54, 1.807) is 0 Å². The van der Waals surface area contributed by atoms with Crippen LogP contribution in [-0.2, 0) is 19.1 Å². The van der Waals surface area contributed by atoms with Gasteiger partial charge in [-0.05, 0) is 0 Å². The van der Waals surface area contributed by atoms with Crippen molar-refractivity contribution in [1.29, 1.82) is 0 Å². The molecule has 0 aromatic rings. The highest BCUT2D eigenvalue weighted by atomic mass is 16.5. The second-order valence-corrected chi connectivity index (χ2v) is 1.54. The fourth-order valence-electron chi connectivity index (χ4n) is 0.379. The number of rotatable bonds is 4. The van der Waals surface area contributed by atoms with Crippen LogP contribution in [0.3, 0.4) is 0 Å². The van der Waals surface area contributed by atoms with E-state index >= 15 is 0 Å². The minimum atomic E-state index is -0.689. The highest BCUT2D eigenvalue weighted by Gasteiger charge is 1.96. The summed E-state index contributed by atoms with van der Waals surface area (Å²) in [5.41, 5.74) is 0. The van der Waals surface area contributed by atoms with E-state index in [2.05, 4.69) is 22.6 Å². The van der Waals surface area contributed by atoms with Gasteiger partial charge in [0.05, 0.1) is 12.5 Å². The third-order valence-corrected chi connectivity index (χ3v) is 0.754. The predicted molar refractivity (Wildman–Crippen MR) is 49.9 cm³/mol. The lowest BCUT2D eigenvalue weighted by Gasteiger charge is -1.90. The van der Waals surface area contributed by atoms with E-state index in [4.69, 9.17) is 5.11 Å². The number of ether oxygens (including phenoxy) is 2. The van der Waals surface area contributed by atoms with Gasteiger partial charge in [0, 0.05) is 19.3 Å². The molecule has 0 aliphatic heterocycles. The molecule has 0 saturated carbocycles. The first-order valence-electron chi connectivity index (χ1n) is 3.46. The van der Waals surface area contributed by atoms with Crippen molar-refractivity contribution in [3.63, 3.8) is 0 Å². The highest BCUT2D eigenvalue weighted by molar-refractivity contribution is 5.92. The van der Waals surface area contributed by atoms with E-state index in [1.165, 1.54) is 0 Å². The van der Waals surface area contributed by atoms with Crippen LogP contribution in [0.4, 0.5) is 0 Å². The number of carbonyl (C=O) groups excluding carboxylic acids is 2. The molecule has 0 aromatic carbocycles. The van der Waals surface area contributed by atoms with Crippen molar-refractivity contribution in [3.05, 3.63) is 37.8 Å². The maximum Gasteiger partial charge on any atom is 0.335 e. The zero-order chi connectivity index (χ0) is 11.4. The van der Waals surface area contributed by atoms with Crippen LogP contribution >= 0.6 is 0 Å². The standard InChI is InChI=1S/C8H8O4.CH4O/c1-3-11-7(9)5-6-8(10)12-4-2;1-2/h3-6H,1-2H2;2H,1H3/b6-5-;. The Hall–Kier alpha value is -1.88. The summed E-state index contributed by atoms with van der Waals surface area (Å²) in [4.78, 5) is 21.1. The second kappa shape index (κ2) is 11.1. The quantitative estimate of drug-likeness (QED) is 0.407. The van der Waals surface area contributed by atoms with Crippen LogP contribution in [-0.4, -0.2) is 24.2 Å². The van der Waals surface area contributed by atoms with Gasteiger partial charge >= 0.3 is 11.9 Å². The van der Waals surface area contributed by atoms with Gasteiger partial charge in [-0.15, -0.1) is 0 Å². The summed E-state index contributed by atoms with van der Waals surface area (Å²) in [6.45, 7) is 6.31. The molecular weight excluding hydrogens is 188 g/mol. The average molecular weight is 200 g/mol. The van der Waals surface area contributed by atoms with Crippen molar-refractivity contribution >= 4 is 11.9 Å². The molecule has 0 atom stereocenters. The fourth-order valence-corrected chi connectivity index (χ4v) is 0.379. The largest absolute Gasteiger partial charge is 0.432 e. The Morgan fingerprint density at radius 2 is 1.29 bits per heavy atom. The minimum absolute atomic E-state index is 0.689. The Morgan fingerprint density at radius 3 is 1.50 bits per heavy atom. The van der Waals surface area contributed by atoms with E-state index in [-0.39, 0.29) is 0 Å². The summed E-state index contributed by atoms with van der Waals surface area (Å²) < 4.78 is 8.55. The molecule has 0 rings (SSSR count). The van der Waals surface area contributed by atoms with Crippen molar-refractivity contribution in [2.75, 3.05) is 7.11 Å². The fraction of sp³-hybridized carbons (Fsp3) is 0.111. The molecule has 0 heterocycles. The summed E-state index contributed by atoms with van der Waals surface area (Å²) in [5, 5.41) is 7.00. The summed E-state index contributed by atoms with van der Waals surface area (Å²) in [7, 11) is 1.00. The number of esters is 2. The molecule has 0 radical (unpaired) electrons. The summed E-state index contributed by atoms with van der Waals surface area (Å²) >= 11 is 0. The Labute approximate surface area is 81.9 Å². The first-order valence-corrected chi connectivity index (χ1v) is 3.46. The number of hydrogen-bond donors (Lipinski definition) is 1. The lowest BCUT2D eigenvalue weighted by atomic mass is 10.5. The molecule has 0 bridgehead atoms. The number of carbonyl (C=O) groups is 2. The van der Waals surface area contributed by atoms with E-state index in [0.717, 1.165) is 31.8 Å². The lowest BCUT2D eigenvalue weighted by Crippen LogP contribution is -1.98.